The predicted molar refractivity (Wildman–Crippen MR) is 80.1 cm³/mol. The van der Waals surface area contributed by atoms with Gasteiger partial charge in [0.25, 0.3) is 0 Å². The Bertz CT molecular complexity index is 588. The topological polar surface area (TPSA) is 101 Å². The molecule has 2 aliphatic rings. The molecule has 22 heavy (non-hydrogen) atoms. The van der Waals surface area contributed by atoms with Gasteiger partial charge in [0, 0.05) is 0 Å². The van der Waals surface area contributed by atoms with E-state index in [1.54, 1.807) is 0 Å². The van der Waals surface area contributed by atoms with Crippen molar-refractivity contribution in [1.29, 1.82) is 0 Å². The maximum absolute atomic E-state index is 11.6. The first-order valence-corrected chi connectivity index (χ1v) is 7.73. The summed E-state index contributed by atoms with van der Waals surface area (Å²) in [5.41, 5.74) is 5.65. The second kappa shape index (κ2) is 5.39. The van der Waals surface area contributed by atoms with E-state index in [1.165, 1.54) is 5.56 Å². The van der Waals surface area contributed by atoms with Crippen LogP contribution in [0, 0.1) is 23.7 Å². The monoisotopic (exact) mass is 303 g/mol. The van der Waals surface area contributed by atoms with Gasteiger partial charge in [0.1, 0.15) is 5.54 Å². The smallest absolute Gasteiger partial charge is 0.324 e. The lowest BCUT2D eigenvalue weighted by atomic mass is 9.68. The summed E-state index contributed by atoms with van der Waals surface area (Å²) >= 11 is 0. The number of benzene rings is 1. The van der Waals surface area contributed by atoms with Crippen molar-refractivity contribution in [2.45, 2.75) is 31.2 Å². The van der Waals surface area contributed by atoms with Crippen LogP contribution in [0.5, 0.6) is 0 Å². The molecular formula is C17H21NO4. The van der Waals surface area contributed by atoms with E-state index in [0.29, 0.717) is 6.42 Å². The second-order valence-corrected chi connectivity index (χ2v) is 6.67. The number of hydrogen-bond donors (Lipinski definition) is 3. The van der Waals surface area contributed by atoms with Gasteiger partial charge in [-0.25, -0.2) is 0 Å². The van der Waals surface area contributed by atoms with Gasteiger partial charge < -0.3 is 15.9 Å². The zero-order chi connectivity index (χ0) is 15.9. The van der Waals surface area contributed by atoms with Gasteiger partial charge in [-0.1, -0.05) is 30.3 Å². The van der Waals surface area contributed by atoms with E-state index in [0.717, 1.165) is 19.3 Å². The highest BCUT2D eigenvalue weighted by Crippen LogP contribution is 2.57. The number of aryl methyl sites for hydroxylation is 1. The van der Waals surface area contributed by atoms with Crippen LogP contribution in [-0.2, 0) is 16.0 Å². The van der Waals surface area contributed by atoms with Crippen molar-refractivity contribution in [3.8, 4) is 0 Å². The first kappa shape index (κ1) is 15.0. The molecule has 118 valence electrons. The van der Waals surface area contributed by atoms with Gasteiger partial charge in [0.05, 0.1) is 5.92 Å². The van der Waals surface area contributed by atoms with E-state index >= 15 is 0 Å². The van der Waals surface area contributed by atoms with Gasteiger partial charge in [-0.05, 0) is 49.0 Å². The molecule has 0 aromatic heterocycles. The van der Waals surface area contributed by atoms with E-state index in [-0.39, 0.29) is 17.8 Å². The Morgan fingerprint density at radius 1 is 1.18 bits per heavy atom. The number of carboxylic acid groups (broad SMARTS) is 2. The number of carboxylic acids is 2. The van der Waals surface area contributed by atoms with E-state index in [1.807, 2.05) is 18.2 Å². The summed E-state index contributed by atoms with van der Waals surface area (Å²) in [7, 11) is 0. The van der Waals surface area contributed by atoms with E-state index in [4.69, 9.17) is 5.73 Å². The zero-order valence-electron chi connectivity index (χ0n) is 12.3. The van der Waals surface area contributed by atoms with E-state index in [9.17, 15) is 19.8 Å². The highest BCUT2D eigenvalue weighted by molar-refractivity contribution is 5.88. The van der Waals surface area contributed by atoms with Crippen LogP contribution in [0.15, 0.2) is 30.3 Å². The molecule has 0 amide bonds. The first-order chi connectivity index (χ1) is 10.4. The largest absolute Gasteiger partial charge is 0.481 e. The molecule has 5 atom stereocenters. The lowest BCUT2D eigenvalue weighted by Gasteiger charge is -2.38. The summed E-state index contributed by atoms with van der Waals surface area (Å²) in [6.45, 7) is 0. The van der Waals surface area contributed by atoms with Crippen LogP contribution in [0.3, 0.4) is 0 Å². The Morgan fingerprint density at radius 2 is 1.86 bits per heavy atom. The molecular weight excluding hydrogens is 282 g/mol. The summed E-state index contributed by atoms with van der Waals surface area (Å²) in [6.07, 6.45) is 3.14. The van der Waals surface area contributed by atoms with Crippen molar-refractivity contribution in [3.05, 3.63) is 35.9 Å². The molecule has 2 bridgehead atoms. The average molecular weight is 303 g/mol. The summed E-state index contributed by atoms with van der Waals surface area (Å²) in [5, 5.41) is 18.9. The molecule has 2 fully saturated rings. The summed E-state index contributed by atoms with van der Waals surface area (Å²) < 4.78 is 0. The van der Waals surface area contributed by atoms with Crippen molar-refractivity contribution in [3.63, 3.8) is 0 Å². The Balaban J connectivity index is 1.74. The van der Waals surface area contributed by atoms with Crippen molar-refractivity contribution in [1.82, 2.24) is 0 Å². The van der Waals surface area contributed by atoms with Crippen LogP contribution in [0.25, 0.3) is 0 Å². The average Bonchev–Trinajstić information content (AvgIpc) is 3.02. The molecule has 2 unspecified atom stereocenters. The maximum atomic E-state index is 11.6. The quantitative estimate of drug-likeness (QED) is 0.769. The van der Waals surface area contributed by atoms with Crippen LogP contribution in [0.4, 0.5) is 0 Å². The van der Waals surface area contributed by atoms with Crippen LogP contribution in [-0.4, -0.2) is 27.7 Å². The standard InChI is InChI=1S/C17H21NO4/c18-17(16(21)22)12-8-11(13(9-12)14(17)15(19)20)7-6-10-4-2-1-3-5-10/h1-5,11-14H,6-9,18H2,(H,19,20)(H,21,22)/t11-,12?,13+,14?,17-/m0/s1. The predicted octanol–water partition coefficient (Wildman–Crippen LogP) is 1.76. The second-order valence-electron chi connectivity index (χ2n) is 6.67. The maximum Gasteiger partial charge on any atom is 0.324 e. The van der Waals surface area contributed by atoms with Gasteiger partial charge in [-0.15, -0.1) is 0 Å². The molecule has 5 heteroatoms. The molecule has 4 N–H and O–H groups in total. The Morgan fingerprint density at radius 3 is 2.45 bits per heavy atom. The fourth-order valence-corrected chi connectivity index (χ4v) is 4.59. The van der Waals surface area contributed by atoms with Crippen LogP contribution >= 0.6 is 0 Å². The number of hydrogen-bond acceptors (Lipinski definition) is 3. The van der Waals surface area contributed by atoms with Gasteiger partial charge in [-0.3, -0.25) is 9.59 Å². The van der Waals surface area contributed by atoms with Gasteiger partial charge >= 0.3 is 11.9 Å². The third-order valence-electron chi connectivity index (χ3n) is 5.65. The van der Waals surface area contributed by atoms with Crippen LogP contribution in [0.2, 0.25) is 0 Å². The highest BCUT2D eigenvalue weighted by atomic mass is 16.4. The number of nitrogens with two attached hydrogens (primary N) is 1. The number of aliphatic carboxylic acids is 2. The Kier molecular flexibility index (Phi) is 3.68. The molecule has 5 nitrogen and oxygen atoms in total. The minimum absolute atomic E-state index is 0.118. The molecule has 0 heterocycles. The van der Waals surface area contributed by atoms with Crippen molar-refractivity contribution >= 4 is 11.9 Å². The third-order valence-corrected chi connectivity index (χ3v) is 5.65. The Hall–Kier alpha value is -1.88. The molecule has 1 aromatic rings. The third kappa shape index (κ3) is 2.20. The molecule has 2 aliphatic carbocycles. The van der Waals surface area contributed by atoms with Crippen LogP contribution in [0.1, 0.15) is 24.8 Å². The zero-order valence-corrected chi connectivity index (χ0v) is 12.3. The molecule has 0 spiro atoms. The molecule has 1 aromatic carbocycles. The first-order valence-electron chi connectivity index (χ1n) is 7.73. The lowest BCUT2D eigenvalue weighted by Crippen LogP contribution is -2.61. The summed E-state index contributed by atoms with van der Waals surface area (Å²) in [6, 6.07) is 10.1. The SMILES string of the molecule is N[C@@]1(C(=O)O)C2C[C@H](CCc3ccccc3)[C@@H](C2)C1C(=O)O. The highest BCUT2D eigenvalue weighted by Gasteiger charge is 2.66. The normalized spacial score (nSPS) is 36.4. The van der Waals surface area contributed by atoms with Crippen molar-refractivity contribution in [2.75, 3.05) is 0 Å². The molecule has 0 radical (unpaired) electrons. The molecule has 2 saturated carbocycles. The van der Waals surface area contributed by atoms with Crippen molar-refractivity contribution in [2.24, 2.45) is 29.4 Å². The number of carbonyl (C=O) groups is 2. The fourth-order valence-electron chi connectivity index (χ4n) is 4.59. The molecule has 3 rings (SSSR count). The van der Waals surface area contributed by atoms with E-state index in [2.05, 4.69) is 12.1 Å². The summed E-state index contributed by atoms with van der Waals surface area (Å²) in [5.74, 6) is -3.30. The summed E-state index contributed by atoms with van der Waals surface area (Å²) in [4.78, 5) is 23.1. The number of rotatable bonds is 5. The minimum atomic E-state index is -1.60. The van der Waals surface area contributed by atoms with Gasteiger partial charge in [0.15, 0.2) is 0 Å². The van der Waals surface area contributed by atoms with Gasteiger partial charge in [0.2, 0.25) is 0 Å². The van der Waals surface area contributed by atoms with E-state index < -0.39 is 23.4 Å². The Labute approximate surface area is 129 Å². The van der Waals surface area contributed by atoms with Crippen molar-refractivity contribution < 1.29 is 19.8 Å². The lowest BCUT2D eigenvalue weighted by molar-refractivity contribution is -0.159. The molecule has 0 saturated heterocycles. The van der Waals surface area contributed by atoms with Gasteiger partial charge in [-0.2, -0.15) is 0 Å². The van der Waals surface area contributed by atoms with Crippen LogP contribution < -0.4 is 5.73 Å². The molecule has 0 aliphatic heterocycles. The number of fused-ring (bicyclic) bond motifs is 2. The minimum Gasteiger partial charge on any atom is -0.481 e. The fraction of sp³-hybridized carbons (Fsp3) is 0.529.